The molecule has 1 aliphatic heterocycles. The molecular formula is C19H22N2O. The molecule has 0 radical (unpaired) electrons. The van der Waals surface area contributed by atoms with Gasteiger partial charge in [0.25, 0.3) is 5.91 Å². The molecular weight excluding hydrogens is 272 g/mol. The quantitative estimate of drug-likeness (QED) is 0.849. The molecule has 0 aliphatic carbocycles. The number of piperazine rings is 1. The van der Waals surface area contributed by atoms with Gasteiger partial charge in [-0.3, -0.25) is 4.79 Å². The first-order valence-corrected chi connectivity index (χ1v) is 7.80. The van der Waals surface area contributed by atoms with Crippen molar-refractivity contribution in [2.45, 2.75) is 13.0 Å². The van der Waals surface area contributed by atoms with E-state index < -0.39 is 0 Å². The molecule has 0 N–H and O–H groups in total. The van der Waals surface area contributed by atoms with Gasteiger partial charge in [-0.25, -0.2) is 0 Å². The average molecular weight is 294 g/mol. The van der Waals surface area contributed by atoms with Gasteiger partial charge in [0.2, 0.25) is 0 Å². The summed E-state index contributed by atoms with van der Waals surface area (Å²) in [6.07, 6.45) is 0. The Hall–Kier alpha value is -2.13. The summed E-state index contributed by atoms with van der Waals surface area (Å²) in [6.45, 7) is 4.71. The van der Waals surface area contributed by atoms with Crippen molar-refractivity contribution in [2.24, 2.45) is 0 Å². The van der Waals surface area contributed by atoms with Crippen LogP contribution in [0, 0.1) is 0 Å². The molecule has 0 saturated carbocycles. The van der Waals surface area contributed by atoms with Crippen LogP contribution in [0.1, 0.15) is 17.3 Å². The summed E-state index contributed by atoms with van der Waals surface area (Å²) in [5, 5.41) is 0. The second kappa shape index (κ2) is 6.32. The van der Waals surface area contributed by atoms with Crippen LogP contribution >= 0.6 is 0 Å². The van der Waals surface area contributed by atoms with Crippen LogP contribution in [-0.2, 0) is 0 Å². The molecule has 2 aromatic rings. The lowest BCUT2D eigenvalue weighted by Gasteiger charge is -2.37. The Kier molecular flexibility index (Phi) is 4.25. The smallest absolute Gasteiger partial charge is 0.253 e. The molecule has 0 spiro atoms. The SMILES string of the molecule is CC1CN(C(=O)c2ccc(-c3ccccc3)cc2)CCN1C. The molecule has 3 nitrogen and oxygen atoms in total. The number of amides is 1. The molecule has 22 heavy (non-hydrogen) atoms. The fourth-order valence-electron chi connectivity index (χ4n) is 2.85. The van der Waals surface area contributed by atoms with Gasteiger partial charge >= 0.3 is 0 Å². The van der Waals surface area contributed by atoms with Gasteiger partial charge in [0.1, 0.15) is 0 Å². The third-order valence-electron chi connectivity index (χ3n) is 4.49. The lowest BCUT2D eigenvalue weighted by Crippen LogP contribution is -2.52. The Morgan fingerprint density at radius 3 is 2.23 bits per heavy atom. The van der Waals surface area contributed by atoms with Crippen LogP contribution in [0.3, 0.4) is 0 Å². The topological polar surface area (TPSA) is 23.6 Å². The zero-order valence-corrected chi connectivity index (χ0v) is 13.2. The molecule has 1 unspecified atom stereocenters. The average Bonchev–Trinajstić information content (AvgIpc) is 2.58. The minimum Gasteiger partial charge on any atom is -0.336 e. The Bertz CT molecular complexity index is 636. The minimum atomic E-state index is 0.138. The molecule has 1 saturated heterocycles. The summed E-state index contributed by atoms with van der Waals surface area (Å²) >= 11 is 0. The van der Waals surface area contributed by atoms with Crippen LogP contribution < -0.4 is 0 Å². The lowest BCUT2D eigenvalue weighted by atomic mass is 10.0. The van der Waals surface area contributed by atoms with E-state index in [4.69, 9.17) is 0 Å². The first kappa shape index (κ1) is 14.8. The zero-order chi connectivity index (χ0) is 15.5. The standard InChI is InChI=1S/C19H22N2O/c1-15-14-21(13-12-20(15)2)19(22)18-10-8-17(9-11-18)16-6-4-3-5-7-16/h3-11,15H,12-14H2,1-2H3. The highest BCUT2D eigenvalue weighted by Gasteiger charge is 2.24. The maximum Gasteiger partial charge on any atom is 0.253 e. The van der Waals surface area contributed by atoms with E-state index in [2.05, 4.69) is 31.0 Å². The number of rotatable bonds is 2. The maximum atomic E-state index is 12.6. The first-order valence-electron chi connectivity index (χ1n) is 7.80. The molecule has 1 fully saturated rings. The third kappa shape index (κ3) is 3.04. The molecule has 1 amide bonds. The maximum absolute atomic E-state index is 12.6. The Balaban J connectivity index is 1.74. The van der Waals surface area contributed by atoms with E-state index in [1.54, 1.807) is 0 Å². The lowest BCUT2D eigenvalue weighted by molar-refractivity contribution is 0.0572. The van der Waals surface area contributed by atoms with Crippen LogP contribution in [0.15, 0.2) is 54.6 Å². The van der Waals surface area contributed by atoms with E-state index in [1.807, 2.05) is 47.4 Å². The van der Waals surface area contributed by atoms with Crippen molar-refractivity contribution in [1.29, 1.82) is 0 Å². The van der Waals surface area contributed by atoms with Crippen molar-refractivity contribution in [2.75, 3.05) is 26.7 Å². The number of likely N-dealkylation sites (N-methyl/N-ethyl adjacent to an activating group) is 1. The van der Waals surface area contributed by atoms with Crippen molar-refractivity contribution in [3.8, 4) is 11.1 Å². The van der Waals surface area contributed by atoms with Gasteiger partial charge in [0.15, 0.2) is 0 Å². The molecule has 3 rings (SSSR count). The van der Waals surface area contributed by atoms with Crippen molar-refractivity contribution in [1.82, 2.24) is 9.80 Å². The Morgan fingerprint density at radius 2 is 1.59 bits per heavy atom. The van der Waals surface area contributed by atoms with Crippen LogP contribution in [0.25, 0.3) is 11.1 Å². The van der Waals surface area contributed by atoms with E-state index in [9.17, 15) is 4.79 Å². The van der Waals surface area contributed by atoms with Gasteiger partial charge in [-0.1, -0.05) is 42.5 Å². The number of hydrogen-bond donors (Lipinski definition) is 0. The summed E-state index contributed by atoms with van der Waals surface area (Å²) in [7, 11) is 2.11. The van der Waals surface area contributed by atoms with Crippen LogP contribution in [-0.4, -0.2) is 48.4 Å². The molecule has 0 bridgehead atoms. The summed E-state index contributed by atoms with van der Waals surface area (Å²) in [5.74, 6) is 0.138. The summed E-state index contributed by atoms with van der Waals surface area (Å²) < 4.78 is 0. The number of carbonyl (C=O) groups is 1. The largest absolute Gasteiger partial charge is 0.336 e. The van der Waals surface area contributed by atoms with Crippen molar-refractivity contribution >= 4 is 5.91 Å². The van der Waals surface area contributed by atoms with Crippen LogP contribution in [0.2, 0.25) is 0 Å². The molecule has 3 heteroatoms. The minimum absolute atomic E-state index is 0.138. The first-order chi connectivity index (χ1) is 10.6. The van der Waals surface area contributed by atoms with E-state index >= 15 is 0 Å². The van der Waals surface area contributed by atoms with Gasteiger partial charge in [-0.05, 0) is 37.2 Å². The third-order valence-corrected chi connectivity index (χ3v) is 4.49. The Morgan fingerprint density at radius 1 is 0.955 bits per heavy atom. The van der Waals surface area contributed by atoms with Gasteiger partial charge < -0.3 is 9.80 Å². The summed E-state index contributed by atoms with van der Waals surface area (Å²) in [6, 6.07) is 18.6. The van der Waals surface area contributed by atoms with Crippen molar-refractivity contribution in [3.05, 3.63) is 60.2 Å². The van der Waals surface area contributed by atoms with Crippen LogP contribution in [0.5, 0.6) is 0 Å². The van der Waals surface area contributed by atoms with Gasteiger partial charge in [0, 0.05) is 31.2 Å². The number of nitrogens with zero attached hydrogens (tertiary/aromatic N) is 2. The van der Waals surface area contributed by atoms with Gasteiger partial charge in [0.05, 0.1) is 0 Å². The Labute approximate surface area is 132 Å². The normalized spacial score (nSPS) is 19.2. The molecule has 114 valence electrons. The second-order valence-corrected chi connectivity index (χ2v) is 6.02. The van der Waals surface area contributed by atoms with Crippen molar-refractivity contribution in [3.63, 3.8) is 0 Å². The molecule has 2 aromatic carbocycles. The van der Waals surface area contributed by atoms with E-state index in [0.717, 1.165) is 30.8 Å². The molecule has 1 atom stereocenters. The predicted molar refractivity (Wildman–Crippen MR) is 89.9 cm³/mol. The highest BCUT2D eigenvalue weighted by molar-refractivity contribution is 5.94. The van der Waals surface area contributed by atoms with E-state index in [0.29, 0.717) is 6.04 Å². The van der Waals surface area contributed by atoms with Gasteiger partial charge in [-0.2, -0.15) is 0 Å². The highest BCUT2D eigenvalue weighted by Crippen LogP contribution is 2.20. The summed E-state index contributed by atoms with van der Waals surface area (Å²) in [5.41, 5.74) is 3.09. The number of hydrogen-bond acceptors (Lipinski definition) is 2. The van der Waals surface area contributed by atoms with E-state index in [-0.39, 0.29) is 5.91 Å². The fourth-order valence-corrected chi connectivity index (χ4v) is 2.85. The fraction of sp³-hybridized carbons (Fsp3) is 0.316. The van der Waals surface area contributed by atoms with Gasteiger partial charge in [-0.15, -0.1) is 0 Å². The molecule has 0 aromatic heterocycles. The molecule has 1 aliphatic rings. The van der Waals surface area contributed by atoms with Crippen molar-refractivity contribution < 1.29 is 4.79 Å². The molecule has 1 heterocycles. The van der Waals surface area contributed by atoms with Crippen LogP contribution in [0.4, 0.5) is 0 Å². The highest BCUT2D eigenvalue weighted by atomic mass is 16.2. The van der Waals surface area contributed by atoms with E-state index in [1.165, 1.54) is 5.56 Å². The second-order valence-electron chi connectivity index (χ2n) is 6.02. The number of benzene rings is 2. The number of carbonyl (C=O) groups excluding carboxylic acids is 1. The monoisotopic (exact) mass is 294 g/mol. The predicted octanol–water partition coefficient (Wildman–Crippen LogP) is 3.13. The summed E-state index contributed by atoms with van der Waals surface area (Å²) in [4.78, 5) is 16.9. The zero-order valence-electron chi connectivity index (χ0n) is 13.2.